The van der Waals surface area contributed by atoms with Crippen molar-refractivity contribution >= 4 is 0 Å². The minimum atomic E-state index is -4.30. The fraction of sp³-hybridized carbons (Fsp3) is 0.500. The van der Waals surface area contributed by atoms with Gasteiger partial charge in [-0.05, 0) is 6.07 Å². The van der Waals surface area contributed by atoms with Crippen LogP contribution in [0, 0.1) is 0 Å². The Morgan fingerprint density at radius 2 is 1.92 bits per heavy atom. The Balaban J connectivity index is 2.92. The summed E-state index contributed by atoms with van der Waals surface area (Å²) in [6.45, 7) is 3.55. The lowest BCUT2D eigenvalue weighted by Crippen LogP contribution is -2.02. The van der Waals surface area contributed by atoms with Gasteiger partial charge in [-0.25, -0.2) is 0 Å². The predicted molar refractivity (Wildman–Crippen MR) is 37.8 cm³/mol. The minimum absolute atomic E-state index is 0.0129. The maximum atomic E-state index is 12.0. The molecule has 1 aromatic rings. The molecule has 0 aliphatic carbocycles. The average molecular weight is 178 g/mol. The molecule has 0 amide bonds. The lowest BCUT2D eigenvalue weighted by molar-refractivity contribution is -0.137. The normalized spacial score (nSPS) is 12.5. The molecule has 0 atom stereocenters. The van der Waals surface area contributed by atoms with Crippen molar-refractivity contribution in [3.63, 3.8) is 0 Å². The Morgan fingerprint density at radius 1 is 1.33 bits per heavy atom. The van der Waals surface area contributed by atoms with E-state index in [4.69, 9.17) is 4.42 Å². The summed E-state index contributed by atoms with van der Waals surface area (Å²) in [6.07, 6.45) is -3.55. The van der Waals surface area contributed by atoms with Crippen LogP contribution in [0.4, 0.5) is 13.2 Å². The molecular formula is C8H9F3O. The standard InChI is InChI=1S/C8H9F3O/c1-5(2)7-3-6(4-12-7)8(9,10)11/h3-5H,1-2H3. The predicted octanol–water partition coefficient (Wildman–Crippen LogP) is 3.42. The van der Waals surface area contributed by atoms with Crippen molar-refractivity contribution in [2.45, 2.75) is 25.9 Å². The zero-order valence-electron chi connectivity index (χ0n) is 6.77. The summed E-state index contributed by atoms with van der Waals surface area (Å²) in [6, 6.07) is 1.03. The molecule has 0 unspecified atom stereocenters. The van der Waals surface area contributed by atoms with Crippen LogP contribution in [0.1, 0.15) is 31.1 Å². The molecule has 12 heavy (non-hydrogen) atoms. The fourth-order valence-electron chi connectivity index (χ4n) is 0.804. The second kappa shape index (κ2) is 2.84. The monoisotopic (exact) mass is 178 g/mol. The topological polar surface area (TPSA) is 13.1 Å². The number of hydrogen-bond donors (Lipinski definition) is 0. The maximum absolute atomic E-state index is 12.0. The van der Waals surface area contributed by atoms with E-state index in [2.05, 4.69) is 0 Å². The molecule has 1 nitrogen and oxygen atoms in total. The van der Waals surface area contributed by atoms with Crippen LogP contribution < -0.4 is 0 Å². The van der Waals surface area contributed by atoms with Crippen LogP contribution in [0.15, 0.2) is 16.7 Å². The summed E-state index contributed by atoms with van der Waals surface area (Å²) in [5.41, 5.74) is -0.716. The third kappa shape index (κ3) is 1.81. The van der Waals surface area contributed by atoms with Gasteiger partial charge >= 0.3 is 6.18 Å². The van der Waals surface area contributed by atoms with Crippen molar-refractivity contribution in [2.24, 2.45) is 0 Å². The second-order valence-corrected chi connectivity index (χ2v) is 2.89. The van der Waals surface area contributed by atoms with Crippen LogP contribution in [-0.2, 0) is 6.18 Å². The Hall–Kier alpha value is -0.930. The summed E-state index contributed by atoms with van der Waals surface area (Å²) in [4.78, 5) is 0. The highest BCUT2D eigenvalue weighted by atomic mass is 19.4. The van der Waals surface area contributed by atoms with Crippen LogP contribution in [0.3, 0.4) is 0 Å². The van der Waals surface area contributed by atoms with E-state index in [0.717, 1.165) is 12.3 Å². The van der Waals surface area contributed by atoms with E-state index in [0.29, 0.717) is 5.76 Å². The van der Waals surface area contributed by atoms with E-state index in [-0.39, 0.29) is 5.92 Å². The third-order valence-corrected chi connectivity index (χ3v) is 1.52. The summed E-state index contributed by atoms with van der Waals surface area (Å²) in [5.74, 6) is 0.350. The number of alkyl halides is 3. The highest BCUT2D eigenvalue weighted by Gasteiger charge is 2.32. The van der Waals surface area contributed by atoms with E-state index in [1.165, 1.54) is 0 Å². The van der Waals surface area contributed by atoms with Crippen LogP contribution in [-0.4, -0.2) is 0 Å². The lowest BCUT2D eigenvalue weighted by Gasteiger charge is -2.00. The third-order valence-electron chi connectivity index (χ3n) is 1.52. The lowest BCUT2D eigenvalue weighted by atomic mass is 10.1. The molecule has 0 aromatic carbocycles. The summed E-state index contributed by atoms with van der Waals surface area (Å²) in [5, 5.41) is 0. The summed E-state index contributed by atoms with van der Waals surface area (Å²) in [7, 11) is 0. The van der Waals surface area contributed by atoms with Gasteiger partial charge in [0, 0.05) is 5.92 Å². The zero-order chi connectivity index (χ0) is 9.35. The first kappa shape index (κ1) is 9.16. The van der Waals surface area contributed by atoms with Crippen molar-refractivity contribution in [1.82, 2.24) is 0 Å². The van der Waals surface area contributed by atoms with Crippen molar-refractivity contribution in [3.05, 3.63) is 23.7 Å². The Kier molecular flexibility index (Phi) is 2.17. The molecular weight excluding hydrogens is 169 g/mol. The molecule has 0 saturated heterocycles. The van der Waals surface area contributed by atoms with Gasteiger partial charge in [0.2, 0.25) is 0 Å². The molecule has 0 spiro atoms. The van der Waals surface area contributed by atoms with E-state index in [9.17, 15) is 13.2 Å². The van der Waals surface area contributed by atoms with Crippen LogP contribution in [0.2, 0.25) is 0 Å². The highest BCUT2D eigenvalue weighted by Crippen LogP contribution is 2.32. The molecule has 0 bridgehead atoms. The fourth-order valence-corrected chi connectivity index (χ4v) is 0.804. The van der Waals surface area contributed by atoms with Gasteiger partial charge in [0.25, 0.3) is 0 Å². The summed E-state index contributed by atoms with van der Waals surface area (Å²) < 4.78 is 40.7. The van der Waals surface area contributed by atoms with Crippen LogP contribution in [0.25, 0.3) is 0 Å². The van der Waals surface area contributed by atoms with Gasteiger partial charge in [-0.1, -0.05) is 13.8 Å². The molecule has 0 fully saturated rings. The first-order chi connectivity index (χ1) is 5.41. The smallest absolute Gasteiger partial charge is 0.419 e. The van der Waals surface area contributed by atoms with Crippen molar-refractivity contribution < 1.29 is 17.6 Å². The van der Waals surface area contributed by atoms with E-state index < -0.39 is 11.7 Å². The Bertz CT molecular complexity index is 260. The van der Waals surface area contributed by atoms with E-state index in [1.54, 1.807) is 13.8 Å². The van der Waals surface area contributed by atoms with Crippen molar-refractivity contribution in [1.29, 1.82) is 0 Å². The van der Waals surface area contributed by atoms with E-state index in [1.807, 2.05) is 0 Å². The molecule has 0 aliphatic rings. The average Bonchev–Trinajstić information content (AvgIpc) is 2.30. The van der Waals surface area contributed by atoms with Gasteiger partial charge in [-0.15, -0.1) is 0 Å². The molecule has 68 valence electrons. The molecule has 1 heterocycles. The number of halogens is 3. The van der Waals surface area contributed by atoms with Gasteiger partial charge in [0.15, 0.2) is 0 Å². The number of furan rings is 1. The van der Waals surface area contributed by atoms with Gasteiger partial charge in [-0.3, -0.25) is 0 Å². The van der Waals surface area contributed by atoms with Gasteiger partial charge in [0.05, 0.1) is 5.56 Å². The number of rotatable bonds is 1. The van der Waals surface area contributed by atoms with Gasteiger partial charge in [-0.2, -0.15) is 13.2 Å². The quantitative estimate of drug-likeness (QED) is 0.642. The SMILES string of the molecule is CC(C)c1cc(C(F)(F)F)co1. The largest absolute Gasteiger partial charge is 0.468 e. The first-order valence-electron chi connectivity index (χ1n) is 3.57. The maximum Gasteiger partial charge on any atom is 0.419 e. The number of hydrogen-bond acceptors (Lipinski definition) is 1. The molecule has 0 radical (unpaired) electrons. The minimum Gasteiger partial charge on any atom is -0.468 e. The van der Waals surface area contributed by atoms with Crippen molar-refractivity contribution in [2.75, 3.05) is 0 Å². The summed E-state index contributed by atoms with van der Waals surface area (Å²) >= 11 is 0. The van der Waals surface area contributed by atoms with Crippen molar-refractivity contribution in [3.8, 4) is 0 Å². The molecule has 0 saturated carbocycles. The van der Waals surface area contributed by atoms with E-state index >= 15 is 0 Å². The molecule has 4 heteroatoms. The van der Waals surface area contributed by atoms with Gasteiger partial charge < -0.3 is 4.42 Å². The molecule has 0 N–H and O–H groups in total. The van der Waals surface area contributed by atoms with Gasteiger partial charge in [0.1, 0.15) is 12.0 Å². The first-order valence-corrected chi connectivity index (χ1v) is 3.57. The highest BCUT2D eigenvalue weighted by molar-refractivity contribution is 5.17. The zero-order valence-corrected chi connectivity index (χ0v) is 6.77. The van der Waals surface area contributed by atoms with Crippen LogP contribution >= 0.6 is 0 Å². The van der Waals surface area contributed by atoms with Crippen LogP contribution in [0.5, 0.6) is 0 Å². The molecule has 1 rings (SSSR count). The Labute approximate surface area is 68.2 Å². The molecule has 0 aliphatic heterocycles. The Morgan fingerprint density at radius 3 is 2.17 bits per heavy atom. The second-order valence-electron chi connectivity index (χ2n) is 2.89. The molecule has 1 aromatic heterocycles.